The van der Waals surface area contributed by atoms with Gasteiger partial charge < -0.3 is 20.6 Å². The van der Waals surface area contributed by atoms with Gasteiger partial charge in [0.1, 0.15) is 0 Å². The molecule has 0 amide bonds. The predicted molar refractivity (Wildman–Crippen MR) is 55.0 cm³/mol. The first-order valence-electron chi connectivity index (χ1n) is 4.07. The molecule has 106 valence electrons. The van der Waals surface area contributed by atoms with Gasteiger partial charge in [0.2, 0.25) is 4.90 Å². The zero-order valence-corrected chi connectivity index (χ0v) is 10.1. The summed E-state index contributed by atoms with van der Waals surface area (Å²) in [5, 5.41) is 10.6. The van der Waals surface area contributed by atoms with Crippen molar-refractivity contribution >= 4 is 31.2 Å². The molecule has 1 aromatic heterocycles. The van der Waals surface area contributed by atoms with E-state index in [1.165, 1.54) is 0 Å². The van der Waals surface area contributed by atoms with Gasteiger partial charge >= 0.3 is 18.1 Å². The molecule has 2 N–H and O–H groups in total. The van der Waals surface area contributed by atoms with E-state index in [2.05, 4.69) is 9.72 Å². The Morgan fingerprint density at radius 3 is 2.37 bits per heavy atom. The molecule has 0 saturated heterocycles. The van der Waals surface area contributed by atoms with Crippen molar-refractivity contribution in [3.8, 4) is 5.88 Å². The van der Waals surface area contributed by atoms with E-state index < -0.39 is 42.6 Å². The molecule has 0 radical (unpaired) electrons. The average molecular weight is 322 g/mol. The van der Waals surface area contributed by atoms with Crippen molar-refractivity contribution in [2.24, 2.45) is 0 Å². The molecule has 0 unspecified atom stereocenters. The normalized spacial score (nSPS) is 12.2. The van der Waals surface area contributed by atoms with E-state index in [4.69, 9.17) is 16.4 Å². The number of halogens is 4. The van der Waals surface area contributed by atoms with Crippen LogP contribution in [0.4, 0.5) is 24.7 Å². The van der Waals surface area contributed by atoms with Crippen molar-refractivity contribution in [3.05, 3.63) is 16.2 Å². The Kier molecular flexibility index (Phi) is 3.77. The number of pyridine rings is 1. The van der Waals surface area contributed by atoms with Gasteiger partial charge in [-0.1, -0.05) is 0 Å². The maximum Gasteiger partial charge on any atom is 0.575 e. The van der Waals surface area contributed by atoms with Gasteiger partial charge in [-0.2, -0.15) is 0 Å². The zero-order chi connectivity index (χ0) is 15.0. The van der Waals surface area contributed by atoms with Crippen LogP contribution in [0.5, 0.6) is 5.88 Å². The van der Waals surface area contributed by atoms with Crippen LogP contribution in [0.2, 0.25) is 0 Å². The molecule has 19 heavy (non-hydrogen) atoms. The van der Waals surface area contributed by atoms with Crippen molar-refractivity contribution in [3.63, 3.8) is 0 Å². The molecule has 13 heteroatoms. The summed E-state index contributed by atoms with van der Waals surface area (Å²) in [7, 11) is 0.220. The molecule has 0 aromatic carbocycles. The summed E-state index contributed by atoms with van der Waals surface area (Å²) in [4.78, 5) is 10.8. The van der Waals surface area contributed by atoms with Crippen LogP contribution in [0.3, 0.4) is 0 Å². The Morgan fingerprint density at radius 2 is 2.00 bits per heavy atom. The third-order valence-electron chi connectivity index (χ3n) is 1.60. The number of hydrogen-bond acceptors (Lipinski definition) is 7. The Balaban J connectivity index is 3.52. The first kappa shape index (κ1) is 15.2. The lowest BCUT2D eigenvalue weighted by atomic mass is 10.4. The van der Waals surface area contributed by atoms with Gasteiger partial charge in [0, 0.05) is 15.7 Å². The van der Waals surface area contributed by atoms with Crippen LogP contribution in [0, 0.1) is 10.1 Å². The number of nitrogens with two attached hydrogens (primary N) is 1. The van der Waals surface area contributed by atoms with E-state index in [9.17, 15) is 31.7 Å². The monoisotopic (exact) mass is 321 g/mol. The van der Waals surface area contributed by atoms with Gasteiger partial charge in [0.15, 0.2) is 0 Å². The van der Waals surface area contributed by atoms with Gasteiger partial charge in [0.05, 0.1) is 11.8 Å². The minimum Gasteiger partial charge on any atom is -0.397 e. The van der Waals surface area contributed by atoms with Crippen LogP contribution < -0.4 is 10.5 Å². The Morgan fingerprint density at radius 1 is 1.47 bits per heavy atom. The summed E-state index contributed by atoms with van der Waals surface area (Å²) < 4.78 is 61.2. The highest BCUT2D eigenvalue weighted by Crippen LogP contribution is 2.34. The number of hydrogen-bond donors (Lipinski definition) is 1. The SMILES string of the molecule is Nc1cc(OC(F)(F)F)nc([N+](=O)[O-])c1S(=O)(=O)Cl. The Bertz CT molecular complexity index is 632. The van der Waals surface area contributed by atoms with Gasteiger partial charge in [-0.25, -0.2) is 8.42 Å². The van der Waals surface area contributed by atoms with Crippen LogP contribution in [0.25, 0.3) is 0 Å². The quantitative estimate of drug-likeness (QED) is 0.506. The highest BCUT2D eigenvalue weighted by molar-refractivity contribution is 8.14. The minimum atomic E-state index is -5.17. The van der Waals surface area contributed by atoms with Gasteiger partial charge in [-0.15, -0.1) is 13.2 Å². The van der Waals surface area contributed by atoms with E-state index in [1.807, 2.05) is 0 Å². The fourth-order valence-corrected chi connectivity index (χ4v) is 2.21. The highest BCUT2D eigenvalue weighted by atomic mass is 35.7. The molecule has 0 spiro atoms. The van der Waals surface area contributed by atoms with Gasteiger partial charge in [-0.3, -0.25) is 0 Å². The second kappa shape index (κ2) is 4.70. The summed E-state index contributed by atoms with van der Waals surface area (Å²) >= 11 is 0. The molecule has 0 fully saturated rings. The number of rotatable bonds is 3. The third kappa shape index (κ3) is 3.82. The van der Waals surface area contributed by atoms with E-state index in [0.29, 0.717) is 6.07 Å². The minimum absolute atomic E-state index is 0.357. The summed E-state index contributed by atoms with van der Waals surface area (Å²) in [5.41, 5.74) is 4.22. The molecule has 0 bridgehead atoms. The van der Waals surface area contributed by atoms with Crippen LogP contribution in [-0.2, 0) is 9.05 Å². The Labute approximate surface area is 107 Å². The standard InChI is InChI=1S/C6H3ClF3N3O5S/c7-19(16,17)4-2(11)1-3(18-6(8,9)10)12-5(4)13(14)15/h1H,(H2,11,12). The summed E-state index contributed by atoms with van der Waals surface area (Å²) in [6.07, 6.45) is -5.17. The average Bonchev–Trinajstić information content (AvgIpc) is 2.10. The fourth-order valence-electron chi connectivity index (χ4n) is 1.06. The van der Waals surface area contributed by atoms with E-state index in [-0.39, 0.29) is 0 Å². The van der Waals surface area contributed by atoms with E-state index in [1.54, 1.807) is 0 Å². The molecule has 0 aliphatic heterocycles. The molecule has 1 rings (SSSR count). The second-order valence-electron chi connectivity index (χ2n) is 2.95. The first-order chi connectivity index (χ1) is 8.42. The lowest BCUT2D eigenvalue weighted by Crippen LogP contribution is -2.19. The van der Waals surface area contributed by atoms with Crippen LogP contribution >= 0.6 is 10.7 Å². The lowest BCUT2D eigenvalue weighted by molar-refractivity contribution is -0.392. The molecule has 0 atom stereocenters. The van der Waals surface area contributed by atoms with Crippen molar-refractivity contribution in [1.82, 2.24) is 4.98 Å². The number of anilines is 1. The van der Waals surface area contributed by atoms with Gasteiger partial charge in [-0.05, 0) is 4.92 Å². The van der Waals surface area contributed by atoms with Crippen molar-refractivity contribution < 1.29 is 31.2 Å². The predicted octanol–water partition coefficient (Wildman–Crippen LogP) is 1.40. The molecular weight excluding hydrogens is 319 g/mol. The molecular formula is C6H3ClF3N3O5S. The zero-order valence-electron chi connectivity index (χ0n) is 8.51. The highest BCUT2D eigenvalue weighted by Gasteiger charge is 2.37. The van der Waals surface area contributed by atoms with Crippen LogP contribution in [0.15, 0.2) is 11.0 Å². The van der Waals surface area contributed by atoms with E-state index >= 15 is 0 Å². The van der Waals surface area contributed by atoms with Gasteiger partial charge in [0.25, 0.3) is 9.05 Å². The summed E-state index contributed by atoms with van der Waals surface area (Å²) in [6.45, 7) is 0. The summed E-state index contributed by atoms with van der Waals surface area (Å²) in [5.74, 6) is -2.74. The molecule has 8 nitrogen and oxygen atoms in total. The first-order valence-corrected chi connectivity index (χ1v) is 6.38. The number of aromatic nitrogens is 1. The summed E-state index contributed by atoms with van der Waals surface area (Å²) in [6, 6.07) is 0.357. The number of ether oxygens (including phenoxy) is 1. The second-order valence-corrected chi connectivity index (χ2v) is 5.45. The molecule has 0 saturated carbocycles. The third-order valence-corrected chi connectivity index (χ3v) is 2.97. The van der Waals surface area contributed by atoms with Crippen molar-refractivity contribution in [2.75, 3.05) is 5.73 Å². The van der Waals surface area contributed by atoms with E-state index in [0.717, 1.165) is 0 Å². The molecule has 0 aliphatic rings. The number of nitrogen functional groups attached to an aromatic ring is 1. The lowest BCUT2D eigenvalue weighted by Gasteiger charge is -2.07. The van der Waals surface area contributed by atoms with Crippen LogP contribution in [-0.4, -0.2) is 24.7 Å². The molecule has 1 heterocycles. The largest absolute Gasteiger partial charge is 0.575 e. The van der Waals surface area contributed by atoms with Crippen LogP contribution in [0.1, 0.15) is 0 Å². The number of alkyl halides is 3. The topological polar surface area (TPSA) is 125 Å². The number of nitro groups is 1. The van der Waals surface area contributed by atoms with Crippen molar-refractivity contribution in [2.45, 2.75) is 11.3 Å². The number of nitrogens with zero attached hydrogens (tertiary/aromatic N) is 2. The molecule has 1 aromatic rings. The maximum absolute atomic E-state index is 11.9. The Hall–Kier alpha value is -1.82. The maximum atomic E-state index is 11.9. The molecule has 0 aliphatic carbocycles. The van der Waals surface area contributed by atoms with Crippen molar-refractivity contribution in [1.29, 1.82) is 0 Å². The fraction of sp³-hybridized carbons (Fsp3) is 0.167. The smallest absolute Gasteiger partial charge is 0.397 e.